The number of piperazine rings is 1. The molecule has 2 heterocycles. The van der Waals surface area contributed by atoms with Crippen LogP contribution < -0.4 is 5.32 Å². The van der Waals surface area contributed by atoms with E-state index in [1.54, 1.807) is 0 Å². The third kappa shape index (κ3) is 5.59. The van der Waals surface area contributed by atoms with E-state index >= 15 is 0 Å². The first-order valence-corrected chi connectivity index (χ1v) is 11.8. The van der Waals surface area contributed by atoms with E-state index in [-0.39, 0.29) is 17.8 Å². The lowest BCUT2D eigenvalue weighted by atomic mass is 9.91. The van der Waals surface area contributed by atoms with Crippen molar-refractivity contribution < 1.29 is 9.18 Å². The fourth-order valence-corrected chi connectivity index (χ4v) is 5.58. The number of carbonyl (C=O) groups is 1. The minimum Gasteiger partial charge on any atom is -0.348 e. The van der Waals surface area contributed by atoms with Crippen LogP contribution in [0.3, 0.4) is 0 Å². The molecule has 1 saturated carbocycles. The second-order valence-electron chi connectivity index (χ2n) is 9.51. The average molecular weight is 417 g/mol. The molecule has 1 N–H and O–H groups in total. The summed E-state index contributed by atoms with van der Waals surface area (Å²) in [5.41, 5.74) is 1.03. The van der Waals surface area contributed by atoms with Crippen molar-refractivity contribution in [1.82, 2.24) is 20.0 Å². The van der Waals surface area contributed by atoms with Gasteiger partial charge in [-0.05, 0) is 62.9 Å². The summed E-state index contributed by atoms with van der Waals surface area (Å²) in [6, 6.07) is 7.35. The number of likely N-dealkylation sites (N-methyl/N-ethyl adjacent to an activating group) is 1. The van der Waals surface area contributed by atoms with Gasteiger partial charge in [0.1, 0.15) is 5.82 Å². The van der Waals surface area contributed by atoms with Crippen LogP contribution in [0.1, 0.15) is 50.1 Å². The highest BCUT2D eigenvalue weighted by Gasteiger charge is 2.30. The van der Waals surface area contributed by atoms with Crippen molar-refractivity contribution in [3.05, 3.63) is 35.6 Å². The Bertz CT molecular complexity index is 683. The van der Waals surface area contributed by atoms with Gasteiger partial charge in [-0.15, -0.1) is 0 Å². The Morgan fingerprint density at radius 2 is 1.73 bits per heavy atom. The monoisotopic (exact) mass is 416 g/mol. The molecule has 2 saturated heterocycles. The molecule has 1 aromatic rings. The summed E-state index contributed by atoms with van der Waals surface area (Å²) < 4.78 is 13.4. The van der Waals surface area contributed by atoms with Gasteiger partial charge in [0.2, 0.25) is 5.91 Å². The molecule has 4 rings (SSSR count). The summed E-state index contributed by atoms with van der Waals surface area (Å²) in [6.07, 6.45) is 7.29. The number of carbonyl (C=O) groups excluding carboxylic acids is 1. The standard InChI is InChI=1S/C24H37FN4O/c1-27-12-4-7-22(17-27)29-15-13-28(14-16-29)18-23(30)26-24(19-5-2-3-6-19)20-8-10-21(25)11-9-20/h8-11,19,22,24H,2-7,12-18H2,1H3,(H,26,30). The molecule has 0 radical (unpaired) electrons. The number of piperidine rings is 1. The second kappa shape index (κ2) is 10.2. The quantitative estimate of drug-likeness (QED) is 0.774. The number of benzene rings is 1. The van der Waals surface area contributed by atoms with Crippen LogP contribution in [0.2, 0.25) is 0 Å². The number of halogens is 1. The molecule has 3 aliphatic rings. The molecule has 1 aliphatic carbocycles. The summed E-state index contributed by atoms with van der Waals surface area (Å²) in [7, 11) is 2.22. The first kappa shape index (κ1) is 21.7. The summed E-state index contributed by atoms with van der Waals surface area (Å²) in [6.45, 7) is 6.86. The number of nitrogens with one attached hydrogen (secondary N) is 1. The molecular weight excluding hydrogens is 379 g/mol. The van der Waals surface area contributed by atoms with Gasteiger partial charge in [0, 0.05) is 38.8 Å². The van der Waals surface area contributed by atoms with Gasteiger partial charge in [-0.25, -0.2) is 4.39 Å². The van der Waals surface area contributed by atoms with E-state index < -0.39 is 0 Å². The Balaban J connectivity index is 1.29. The Labute approximate surface area is 180 Å². The molecule has 5 nitrogen and oxygen atoms in total. The van der Waals surface area contributed by atoms with E-state index in [2.05, 4.69) is 27.1 Å². The number of likely N-dealkylation sites (tertiary alicyclic amines) is 1. The van der Waals surface area contributed by atoms with Crippen LogP contribution in [0.25, 0.3) is 0 Å². The van der Waals surface area contributed by atoms with Gasteiger partial charge in [-0.1, -0.05) is 25.0 Å². The molecule has 2 unspecified atom stereocenters. The lowest BCUT2D eigenvalue weighted by Gasteiger charge is -2.42. The van der Waals surface area contributed by atoms with Crippen LogP contribution in [0, 0.1) is 11.7 Å². The van der Waals surface area contributed by atoms with Gasteiger partial charge < -0.3 is 10.2 Å². The molecule has 166 valence electrons. The number of hydrogen-bond acceptors (Lipinski definition) is 4. The van der Waals surface area contributed by atoms with Crippen LogP contribution >= 0.6 is 0 Å². The Morgan fingerprint density at radius 1 is 1.03 bits per heavy atom. The van der Waals surface area contributed by atoms with Crippen molar-refractivity contribution in [3.8, 4) is 0 Å². The minimum atomic E-state index is -0.225. The zero-order valence-electron chi connectivity index (χ0n) is 18.4. The fraction of sp³-hybridized carbons (Fsp3) is 0.708. The van der Waals surface area contributed by atoms with Crippen molar-refractivity contribution in [2.45, 2.75) is 50.6 Å². The highest BCUT2D eigenvalue weighted by atomic mass is 19.1. The molecule has 0 bridgehead atoms. The molecule has 2 atom stereocenters. The third-order valence-electron chi connectivity index (χ3n) is 7.31. The smallest absolute Gasteiger partial charge is 0.234 e. The summed E-state index contributed by atoms with van der Waals surface area (Å²) in [5.74, 6) is 0.332. The van der Waals surface area contributed by atoms with Gasteiger partial charge in [-0.3, -0.25) is 14.6 Å². The molecule has 1 amide bonds. The Morgan fingerprint density at radius 3 is 2.40 bits per heavy atom. The van der Waals surface area contributed by atoms with Gasteiger partial charge in [-0.2, -0.15) is 0 Å². The maximum Gasteiger partial charge on any atom is 0.234 e. The number of amides is 1. The van der Waals surface area contributed by atoms with Crippen molar-refractivity contribution >= 4 is 5.91 Å². The van der Waals surface area contributed by atoms with Gasteiger partial charge >= 0.3 is 0 Å². The molecule has 6 heteroatoms. The molecule has 3 fully saturated rings. The lowest BCUT2D eigenvalue weighted by Crippen LogP contribution is -2.55. The largest absolute Gasteiger partial charge is 0.348 e. The van der Waals surface area contributed by atoms with E-state index in [0.717, 1.165) is 44.6 Å². The molecule has 0 aromatic heterocycles. The van der Waals surface area contributed by atoms with Crippen LogP contribution in [-0.4, -0.2) is 79.5 Å². The van der Waals surface area contributed by atoms with Gasteiger partial charge in [0.15, 0.2) is 0 Å². The molecular formula is C24H37FN4O. The van der Waals surface area contributed by atoms with E-state index in [9.17, 15) is 9.18 Å². The molecule has 30 heavy (non-hydrogen) atoms. The minimum absolute atomic E-state index is 0.000310. The third-order valence-corrected chi connectivity index (χ3v) is 7.31. The fourth-order valence-electron chi connectivity index (χ4n) is 5.58. The van der Waals surface area contributed by atoms with Crippen molar-refractivity contribution in [2.75, 3.05) is 52.9 Å². The number of nitrogens with zero attached hydrogens (tertiary/aromatic N) is 3. The number of hydrogen-bond donors (Lipinski definition) is 1. The Kier molecular flexibility index (Phi) is 7.39. The highest BCUT2D eigenvalue weighted by Crippen LogP contribution is 2.35. The molecule has 1 aromatic carbocycles. The van der Waals surface area contributed by atoms with Gasteiger partial charge in [0.25, 0.3) is 0 Å². The van der Waals surface area contributed by atoms with Crippen LogP contribution in [0.5, 0.6) is 0 Å². The topological polar surface area (TPSA) is 38.8 Å². The van der Waals surface area contributed by atoms with Crippen molar-refractivity contribution in [3.63, 3.8) is 0 Å². The zero-order chi connectivity index (χ0) is 20.9. The summed E-state index contributed by atoms with van der Waals surface area (Å²) in [4.78, 5) is 20.2. The first-order valence-electron chi connectivity index (χ1n) is 11.8. The predicted octanol–water partition coefficient (Wildman–Crippen LogP) is 2.89. The summed E-state index contributed by atoms with van der Waals surface area (Å²) in [5, 5.41) is 3.30. The molecule has 0 spiro atoms. The summed E-state index contributed by atoms with van der Waals surface area (Å²) >= 11 is 0. The van der Waals surface area contributed by atoms with E-state index in [4.69, 9.17) is 0 Å². The van der Waals surface area contributed by atoms with Crippen LogP contribution in [0.4, 0.5) is 4.39 Å². The maximum absolute atomic E-state index is 13.4. The van der Waals surface area contributed by atoms with Crippen LogP contribution in [0.15, 0.2) is 24.3 Å². The number of rotatable bonds is 6. The van der Waals surface area contributed by atoms with E-state index in [1.165, 1.54) is 50.9 Å². The highest BCUT2D eigenvalue weighted by molar-refractivity contribution is 5.78. The second-order valence-corrected chi connectivity index (χ2v) is 9.51. The van der Waals surface area contributed by atoms with E-state index in [0.29, 0.717) is 18.5 Å². The lowest BCUT2D eigenvalue weighted by molar-refractivity contribution is -0.124. The average Bonchev–Trinajstić information content (AvgIpc) is 3.28. The van der Waals surface area contributed by atoms with Crippen molar-refractivity contribution in [1.29, 1.82) is 0 Å². The maximum atomic E-state index is 13.4. The Hall–Kier alpha value is -1.50. The SMILES string of the molecule is CN1CCCC(N2CCN(CC(=O)NC(c3ccc(F)cc3)C3CCCC3)CC2)C1. The van der Waals surface area contributed by atoms with Crippen molar-refractivity contribution in [2.24, 2.45) is 5.92 Å². The van der Waals surface area contributed by atoms with Gasteiger partial charge in [0.05, 0.1) is 12.6 Å². The van der Waals surface area contributed by atoms with E-state index in [1.807, 2.05) is 12.1 Å². The normalized spacial score (nSPS) is 26.0. The van der Waals surface area contributed by atoms with Crippen LogP contribution in [-0.2, 0) is 4.79 Å². The molecule has 2 aliphatic heterocycles. The first-order chi connectivity index (χ1) is 14.6. The zero-order valence-corrected chi connectivity index (χ0v) is 18.4. The predicted molar refractivity (Wildman–Crippen MR) is 118 cm³/mol.